The van der Waals surface area contributed by atoms with E-state index < -0.39 is 0 Å². The maximum absolute atomic E-state index is 12.0. The zero-order valence-electron chi connectivity index (χ0n) is 12.5. The molecule has 0 atom stereocenters. The Hall–Kier alpha value is -1.95. The van der Waals surface area contributed by atoms with Gasteiger partial charge in [0.1, 0.15) is 0 Å². The van der Waals surface area contributed by atoms with Gasteiger partial charge in [-0.2, -0.15) is 0 Å². The van der Waals surface area contributed by atoms with Gasteiger partial charge in [-0.3, -0.25) is 0 Å². The Kier molecular flexibility index (Phi) is 5.89. The predicted octanol–water partition coefficient (Wildman–Crippen LogP) is 1.98. The summed E-state index contributed by atoms with van der Waals surface area (Å²) in [4.78, 5) is 26.7. The first kappa shape index (κ1) is 16.4. The first-order valence-electron chi connectivity index (χ1n) is 7.20. The number of nitrogens with one attached hydrogen (secondary N) is 1. The van der Waals surface area contributed by atoms with E-state index in [9.17, 15) is 9.59 Å². The molecule has 22 heavy (non-hydrogen) atoms. The summed E-state index contributed by atoms with van der Waals surface area (Å²) in [6.45, 7) is 2.59. The van der Waals surface area contributed by atoms with Crippen LogP contribution in [0.1, 0.15) is 5.56 Å². The van der Waals surface area contributed by atoms with Gasteiger partial charge >= 0.3 is 12.1 Å². The molecule has 0 aliphatic carbocycles. The SMILES string of the molecule is COC(=O)N1CCN(C(=O)NCCc2ccc(Cl)cc2)CC1. The number of hydrogen-bond acceptors (Lipinski definition) is 3. The number of ether oxygens (including phenoxy) is 1. The van der Waals surface area contributed by atoms with E-state index in [2.05, 4.69) is 10.1 Å². The molecule has 120 valence electrons. The van der Waals surface area contributed by atoms with Crippen molar-refractivity contribution in [2.24, 2.45) is 0 Å². The number of rotatable bonds is 3. The smallest absolute Gasteiger partial charge is 0.409 e. The Morgan fingerprint density at radius 3 is 2.32 bits per heavy atom. The van der Waals surface area contributed by atoms with Gasteiger partial charge < -0.3 is 19.9 Å². The van der Waals surface area contributed by atoms with Crippen molar-refractivity contribution in [1.29, 1.82) is 0 Å². The van der Waals surface area contributed by atoms with Gasteiger partial charge in [0.25, 0.3) is 0 Å². The lowest BCUT2D eigenvalue weighted by Gasteiger charge is -2.33. The van der Waals surface area contributed by atoms with Crippen LogP contribution in [0.25, 0.3) is 0 Å². The van der Waals surface area contributed by atoms with Crippen molar-refractivity contribution < 1.29 is 14.3 Å². The Morgan fingerprint density at radius 2 is 1.73 bits per heavy atom. The van der Waals surface area contributed by atoms with Crippen molar-refractivity contribution in [3.63, 3.8) is 0 Å². The second kappa shape index (κ2) is 7.89. The highest BCUT2D eigenvalue weighted by Gasteiger charge is 2.24. The Labute approximate surface area is 135 Å². The van der Waals surface area contributed by atoms with Crippen LogP contribution in [0.3, 0.4) is 0 Å². The number of halogens is 1. The fourth-order valence-electron chi connectivity index (χ4n) is 2.30. The highest BCUT2D eigenvalue weighted by Crippen LogP contribution is 2.09. The molecule has 0 unspecified atom stereocenters. The van der Waals surface area contributed by atoms with Gasteiger partial charge in [-0.05, 0) is 24.1 Å². The van der Waals surface area contributed by atoms with Crippen LogP contribution in [0.5, 0.6) is 0 Å². The van der Waals surface area contributed by atoms with Gasteiger partial charge in [0.15, 0.2) is 0 Å². The first-order chi connectivity index (χ1) is 10.6. The molecule has 1 aliphatic rings. The molecule has 6 nitrogen and oxygen atoms in total. The molecule has 1 aromatic carbocycles. The van der Waals surface area contributed by atoms with E-state index in [0.29, 0.717) is 37.7 Å². The van der Waals surface area contributed by atoms with Crippen LogP contribution in [0.2, 0.25) is 5.02 Å². The van der Waals surface area contributed by atoms with E-state index in [4.69, 9.17) is 11.6 Å². The summed E-state index contributed by atoms with van der Waals surface area (Å²) in [5, 5.41) is 3.60. The minimum absolute atomic E-state index is 0.0986. The third kappa shape index (κ3) is 4.53. The van der Waals surface area contributed by atoms with Crippen molar-refractivity contribution in [3.8, 4) is 0 Å². The summed E-state index contributed by atoms with van der Waals surface area (Å²) in [6.07, 6.45) is 0.410. The van der Waals surface area contributed by atoms with Crippen molar-refractivity contribution in [1.82, 2.24) is 15.1 Å². The zero-order valence-corrected chi connectivity index (χ0v) is 13.3. The predicted molar refractivity (Wildman–Crippen MR) is 84.1 cm³/mol. The molecule has 1 aromatic rings. The highest BCUT2D eigenvalue weighted by molar-refractivity contribution is 6.30. The Morgan fingerprint density at radius 1 is 1.14 bits per heavy atom. The number of amides is 3. The second-order valence-electron chi connectivity index (χ2n) is 5.05. The van der Waals surface area contributed by atoms with Crippen LogP contribution in [-0.4, -0.2) is 61.8 Å². The molecule has 1 N–H and O–H groups in total. The van der Waals surface area contributed by atoms with Crippen LogP contribution < -0.4 is 5.32 Å². The molecular weight excluding hydrogens is 306 g/mol. The number of hydrogen-bond donors (Lipinski definition) is 1. The summed E-state index contributed by atoms with van der Waals surface area (Å²) in [5.74, 6) is 0. The largest absolute Gasteiger partial charge is 0.453 e. The number of piperazine rings is 1. The van der Waals surface area contributed by atoms with Gasteiger partial charge in [-0.1, -0.05) is 23.7 Å². The molecule has 1 fully saturated rings. The zero-order chi connectivity index (χ0) is 15.9. The molecule has 0 saturated carbocycles. The quantitative estimate of drug-likeness (QED) is 0.924. The maximum Gasteiger partial charge on any atom is 0.409 e. The van der Waals surface area contributed by atoms with Crippen LogP contribution in [0.4, 0.5) is 9.59 Å². The first-order valence-corrected chi connectivity index (χ1v) is 7.58. The third-order valence-electron chi connectivity index (χ3n) is 3.60. The van der Waals surface area contributed by atoms with Gasteiger partial charge in [0.05, 0.1) is 7.11 Å². The number of carbonyl (C=O) groups is 2. The lowest BCUT2D eigenvalue weighted by atomic mass is 10.1. The lowest BCUT2D eigenvalue weighted by Crippen LogP contribution is -2.53. The number of nitrogens with zero attached hydrogens (tertiary/aromatic N) is 2. The summed E-state index contributed by atoms with van der Waals surface area (Å²) >= 11 is 5.83. The molecule has 1 heterocycles. The topological polar surface area (TPSA) is 61.9 Å². The van der Waals surface area contributed by atoms with E-state index in [1.165, 1.54) is 7.11 Å². The number of urea groups is 1. The van der Waals surface area contributed by atoms with Crippen molar-refractivity contribution >= 4 is 23.7 Å². The Balaban J connectivity index is 1.70. The molecule has 0 aromatic heterocycles. The average Bonchev–Trinajstić information content (AvgIpc) is 2.56. The molecule has 7 heteroatoms. The maximum atomic E-state index is 12.0. The van der Waals surface area contributed by atoms with E-state index in [1.807, 2.05) is 24.3 Å². The molecule has 3 amide bonds. The minimum atomic E-state index is -0.345. The average molecular weight is 326 g/mol. The van der Waals surface area contributed by atoms with Crippen molar-refractivity contribution in [2.75, 3.05) is 39.8 Å². The minimum Gasteiger partial charge on any atom is -0.453 e. The van der Waals surface area contributed by atoms with E-state index in [1.54, 1.807) is 9.80 Å². The standard InChI is InChI=1S/C15H20ClN3O3/c1-22-15(21)19-10-8-18(9-11-19)14(20)17-7-6-12-2-4-13(16)5-3-12/h2-5H,6-11H2,1H3,(H,17,20). The van der Waals surface area contributed by atoms with Crippen molar-refractivity contribution in [3.05, 3.63) is 34.9 Å². The Bertz CT molecular complexity index is 513. The van der Waals surface area contributed by atoms with Crippen LogP contribution >= 0.6 is 11.6 Å². The van der Waals surface area contributed by atoms with Crippen LogP contribution in [0.15, 0.2) is 24.3 Å². The number of carbonyl (C=O) groups excluding carboxylic acids is 2. The van der Waals surface area contributed by atoms with Crippen molar-refractivity contribution in [2.45, 2.75) is 6.42 Å². The fraction of sp³-hybridized carbons (Fsp3) is 0.467. The van der Waals surface area contributed by atoms with E-state index in [-0.39, 0.29) is 12.1 Å². The third-order valence-corrected chi connectivity index (χ3v) is 3.85. The van der Waals surface area contributed by atoms with Gasteiger partial charge in [-0.25, -0.2) is 9.59 Å². The van der Waals surface area contributed by atoms with Crippen LogP contribution in [0, 0.1) is 0 Å². The molecule has 1 saturated heterocycles. The molecule has 0 radical (unpaired) electrons. The van der Waals surface area contributed by atoms with E-state index in [0.717, 1.165) is 12.0 Å². The number of benzene rings is 1. The van der Waals surface area contributed by atoms with Gasteiger partial charge in [0, 0.05) is 37.7 Å². The summed E-state index contributed by atoms with van der Waals surface area (Å²) in [5.41, 5.74) is 1.13. The molecular formula is C15H20ClN3O3. The summed E-state index contributed by atoms with van der Waals surface area (Å²) in [6, 6.07) is 7.47. The summed E-state index contributed by atoms with van der Waals surface area (Å²) < 4.78 is 4.67. The molecule has 0 bridgehead atoms. The fourth-order valence-corrected chi connectivity index (χ4v) is 2.42. The van der Waals surface area contributed by atoms with Crippen LogP contribution in [-0.2, 0) is 11.2 Å². The van der Waals surface area contributed by atoms with Gasteiger partial charge in [-0.15, -0.1) is 0 Å². The lowest BCUT2D eigenvalue weighted by molar-refractivity contribution is 0.0971. The molecule has 0 spiro atoms. The second-order valence-corrected chi connectivity index (χ2v) is 5.49. The molecule has 2 rings (SSSR count). The van der Waals surface area contributed by atoms with Gasteiger partial charge in [0.2, 0.25) is 0 Å². The highest BCUT2D eigenvalue weighted by atomic mass is 35.5. The molecule has 1 aliphatic heterocycles. The monoisotopic (exact) mass is 325 g/mol. The van der Waals surface area contributed by atoms with E-state index >= 15 is 0 Å². The normalized spacial score (nSPS) is 14.6. The number of methoxy groups -OCH3 is 1. The summed E-state index contributed by atoms with van der Waals surface area (Å²) in [7, 11) is 1.36.